The first-order valence-electron chi connectivity index (χ1n) is 33.0. The molecular formula is C88H52N8O2. The van der Waals surface area contributed by atoms with Crippen LogP contribution >= 0.6 is 0 Å². The van der Waals surface area contributed by atoms with Crippen molar-refractivity contribution < 1.29 is 8.83 Å². The van der Waals surface area contributed by atoms with Gasteiger partial charge in [-0.1, -0.05) is 200 Å². The van der Waals surface area contributed by atoms with Gasteiger partial charge in [0.1, 0.15) is 22.2 Å². The molecule has 0 amide bonds. The monoisotopic (exact) mass is 1250 g/mol. The molecule has 8 heterocycles. The van der Waals surface area contributed by atoms with Crippen LogP contribution in [0, 0.1) is 0 Å². The number of hydrogen-bond acceptors (Lipinski definition) is 6. The minimum atomic E-state index is 0.541. The number of aromatic nitrogens is 8. The van der Waals surface area contributed by atoms with Crippen molar-refractivity contribution in [3.63, 3.8) is 0 Å². The molecule has 22 aromatic rings. The van der Waals surface area contributed by atoms with E-state index in [4.69, 9.17) is 28.8 Å². The standard InChI is InChI=1S/2C44H26N4O/c1-2-11-30(12-3-1)47-37-16-8-7-15-33(37)36-24-28(20-23-39(36)47)29-19-21-34-32-14-6-9-17-38(32)48(40(34)25-29)41-26-45-44-42(46-41)35-22-18-27-10-4-5-13-31(27)43(35)49-44;1-2-11-30(12-3-1)47-37-16-8-6-14-32(37)35-24-28(19-22-39(35)47)29-20-23-40-36(25-29)33-15-7-9-17-38(33)48(40)41-26-45-44-42(46-41)34-21-18-27-10-4-5-13-31(27)43(34)49-44/h2*1-26H. The molecule has 0 N–H and O–H groups in total. The molecule has 10 nitrogen and oxygen atoms in total. The van der Waals surface area contributed by atoms with Gasteiger partial charge in [0.05, 0.1) is 56.5 Å². The van der Waals surface area contributed by atoms with Gasteiger partial charge in [-0.3, -0.25) is 9.13 Å². The Labute approximate surface area is 558 Å². The highest BCUT2D eigenvalue weighted by Crippen LogP contribution is 2.43. The van der Waals surface area contributed by atoms with E-state index in [1.165, 1.54) is 76.3 Å². The van der Waals surface area contributed by atoms with Gasteiger partial charge in [0.2, 0.25) is 11.4 Å². The van der Waals surface area contributed by atoms with E-state index in [0.717, 1.165) is 111 Å². The molecule has 14 aromatic carbocycles. The number of rotatable bonds is 6. The molecule has 0 spiro atoms. The normalized spacial score (nSPS) is 12.1. The maximum Gasteiger partial charge on any atom is 0.246 e. The zero-order valence-corrected chi connectivity index (χ0v) is 52.4. The topological polar surface area (TPSA) is 97.6 Å². The molecule has 10 heteroatoms. The quantitative estimate of drug-likeness (QED) is 0.165. The summed E-state index contributed by atoms with van der Waals surface area (Å²) in [5.74, 6) is 1.52. The fourth-order valence-electron chi connectivity index (χ4n) is 15.5. The van der Waals surface area contributed by atoms with E-state index < -0.39 is 0 Å². The molecule has 0 fully saturated rings. The number of fused-ring (bicyclic) bond motifs is 22. The second-order valence-corrected chi connectivity index (χ2v) is 25.3. The molecule has 0 saturated carbocycles. The van der Waals surface area contributed by atoms with Gasteiger partial charge in [0.25, 0.3) is 0 Å². The maximum atomic E-state index is 6.30. The predicted octanol–water partition coefficient (Wildman–Crippen LogP) is 22.8. The van der Waals surface area contributed by atoms with Crippen LogP contribution in [0.3, 0.4) is 0 Å². The number of benzene rings is 14. The molecule has 0 radical (unpaired) electrons. The van der Waals surface area contributed by atoms with Crippen LogP contribution in [0.25, 0.3) is 198 Å². The van der Waals surface area contributed by atoms with Crippen molar-refractivity contribution in [2.24, 2.45) is 0 Å². The van der Waals surface area contributed by atoms with Crippen molar-refractivity contribution in [3.05, 3.63) is 316 Å². The number of furan rings is 2. The van der Waals surface area contributed by atoms with Crippen molar-refractivity contribution in [3.8, 4) is 45.3 Å². The van der Waals surface area contributed by atoms with Gasteiger partial charge in [0.15, 0.2) is 11.6 Å². The van der Waals surface area contributed by atoms with Gasteiger partial charge in [-0.05, 0) is 136 Å². The smallest absolute Gasteiger partial charge is 0.246 e. The predicted molar refractivity (Wildman–Crippen MR) is 402 cm³/mol. The van der Waals surface area contributed by atoms with E-state index in [1.54, 1.807) is 0 Å². The molecule has 8 aromatic heterocycles. The molecular weight excluding hydrogens is 1200 g/mol. The molecule has 0 bridgehead atoms. The zero-order valence-electron chi connectivity index (χ0n) is 52.4. The number of hydrogen-bond donors (Lipinski definition) is 0. The summed E-state index contributed by atoms with van der Waals surface area (Å²) in [5.41, 5.74) is 20.4. The SMILES string of the molecule is c1ccc(-n2c3ccccc3c3cc(-c4ccc5c(c4)c4ccccc4n5-c4cnc5oc6c7ccccc7ccc6c5n4)ccc32)cc1.c1ccc(-n2c3ccccc3c3cc(-c4ccc5c6ccccc6n(-c6cnc7oc8c9ccccc9ccc8c7n6)c5c4)ccc32)cc1. The fraction of sp³-hybridized carbons (Fsp3) is 0. The van der Waals surface area contributed by atoms with Gasteiger partial charge in [0, 0.05) is 76.0 Å². The first kappa shape index (κ1) is 54.0. The van der Waals surface area contributed by atoms with Crippen molar-refractivity contribution >= 4 is 153 Å². The third-order valence-corrected chi connectivity index (χ3v) is 20.0. The molecule has 22 rings (SSSR count). The highest BCUT2D eigenvalue weighted by Gasteiger charge is 2.23. The van der Waals surface area contributed by atoms with Crippen LogP contribution in [0.2, 0.25) is 0 Å². The highest BCUT2D eigenvalue weighted by atomic mass is 16.3. The number of nitrogens with zero attached hydrogens (tertiary/aromatic N) is 8. The van der Waals surface area contributed by atoms with Gasteiger partial charge in [-0.15, -0.1) is 0 Å². The van der Waals surface area contributed by atoms with Gasteiger partial charge in [-0.2, -0.15) is 0 Å². The van der Waals surface area contributed by atoms with E-state index in [1.807, 2.05) is 36.7 Å². The lowest BCUT2D eigenvalue weighted by molar-refractivity contribution is 0.655. The summed E-state index contributed by atoms with van der Waals surface area (Å²) < 4.78 is 21.7. The fourth-order valence-corrected chi connectivity index (χ4v) is 15.5. The third kappa shape index (κ3) is 8.09. The minimum absolute atomic E-state index is 0.541. The van der Waals surface area contributed by atoms with Crippen LogP contribution in [0.1, 0.15) is 0 Å². The van der Waals surface area contributed by atoms with Crippen LogP contribution in [-0.4, -0.2) is 38.2 Å². The van der Waals surface area contributed by atoms with Crippen LogP contribution in [0.4, 0.5) is 0 Å². The molecule has 0 saturated heterocycles. The minimum Gasteiger partial charge on any atom is -0.436 e. The Balaban J connectivity index is 0.000000129. The van der Waals surface area contributed by atoms with Crippen LogP contribution in [-0.2, 0) is 0 Å². The maximum absolute atomic E-state index is 6.30. The Bertz CT molecular complexity index is 7060. The lowest BCUT2D eigenvalue weighted by Crippen LogP contribution is -1.98. The first-order valence-corrected chi connectivity index (χ1v) is 33.0. The van der Waals surface area contributed by atoms with Gasteiger partial charge < -0.3 is 18.0 Å². The lowest BCUT2D eigenvalue weighted by Gasteiger charge is -2.09. The molecule has 0 unspecified atom stereocenters. The van der Waals surface area contributed by atoms with E-state index >= 15 is 0 Å². The average molecular weight is 1250 g/mol. The summed E-state index contributed by atoms with van der Waals surface area (Å²) in [6.07, 6.45) is 3.65. The largest absolute Gasteiger partial charge is 0.436 e. The van der Waals surface area contributed by atoms with Crippen molar-refractivity contribution in [1.82, 2.24) is 38.2 Å². The second-order valence-electron chi connectivity index (χ2n) is 25.3. The Morgan fingerprint density at radius 3 is 0.990 bits per heavy atom. The van der Waals surface area contributed by atoms with Crippen molar-refractivity contribution in [2.45, 2.75) is 0 Å². The third-order valence-electron chi connectivity index (χ3n) is 20.0. The second kappa shape index (κ2) is 21.0. The molecule has 0 aliphatic rings. The van der Waals surface area contributed by atoms with E-state index in [9.17, 15) is 0 Å². The van der Waals surface area contributed by atoms with Crippen LogP contribution in [0.15, 0.2) is 325 Å². The summed E-state index contributed by atoms with van der Waals surface area (Å²) in [6, 6.07) is 108. The van der Waals surface area contributed by atoms with Crippen LogP contribution < -0.4 is 0 Å². The summed E-state index contributed by atoms with van der Waals surface area (Å²) in [5, 5.41) is 16.0. The molecule has 0 aliphatic carbocycles. The summed E-state index contributed by atoms with van der Waals surface area (Å²) >= 11 is 0. The molecule has 0 aliphatic heterocycles. The van der Waals surface area contributed by atoms with Gasteiger partial charge >= 0.3 is 0 Å². The molecule has 456 valence electrons. The lowest BCUT2D eigenvalue weighted by atomic mass is 10.0. The molecule has 0 atom stereocenters. The highest BCUT2D eigenvalue weighted by molar-refractivity contribution is 6.18. The van der Waals surface area contributed by atoms with Crippen molar-refractivity contribution in [2.75, 3.05) is 0 Å². The summed E-state index contributed by atoms with van der Waals surface area (Å²) in [6.45, 7) is 0. The van der Waals surface area contributed by atoms with Gasteiger partial charge in [-0.25, -0.2) is 19.9 Å². The van der Waals surface area contributed by atoms with Crippen LogP contribution in [0.5, 0.6) is 0 Å². The van der Waals surface area contributed by atoms with Crippen molar-refractivity contribution in [1.29, 1.82) is 0 Å². The Morgan fingerprint density at radius 1 is 0.224 bits per heavy atom. The first-order chi connectivity index (χ1) is 48.6. The summed E-state index contributed by atoms with van der Waals surface area (Å²) in [4.78, 5) is 20.0. The Hall–Kier alpha value is -13.4. The van der Waals surface area contributed by atoms with E-state index in [0.29, 0.717) is 11.4 Å². The van der Waals surface area contributed by atoms with E-state index in [-0.39, 0.29) is 0 Å². The number of para-hydroxylation sites is 6. The molecule has 98 heavy (non-hydrogen) atoms. The Kier molecular flexibility index (Phi) is 11.6. The average Bonchev–Trinajstić information content (AvgIpc) is 1.59. The zero-order chi connectivity index (χ0) is 64.1. The Morgan fingerprint density at radius 2 is 0.541 bits per heavy atom. The van der Waals surface area contributed by atoms with E-state index in [2.05, 4.69) is 297 Å². The summed E-state index contributed by atoms with van der Waals surface area (Å²) in [7, 11) is 0.